The summed E-state index contributed by atoms with van der Waals surface area (Å²) in [5.41, 5.74) is 0.618. The number of halogens is 2. The van der Waals surface area contributed by atoms with Crippen LogP contribution in [0.15, 0.2) is 18.2 Å². The fourth-order valence-corrected chi connectivity index (χ4v) is 2.21. The van der Waals surface area contributed by atoms with Crippen molar-refractivity contribution in [2.24, 2.45) is 0 Å². The molecule has 0 aliphatic heterocycles. The Morgan fingerprint density at radius 1 is 1.48 bits per heavy atom. The Labute approximate surface area is 131 Å². The largest absolute Gasteiger partial charge is 0.480 e. The smallest absolute Gasteiger partial charge is 0.326 e. The number of thioether (sulfide) groups is 1. The zero-order valence-corrected chi connectivity index (χ0v) is 12.9. The van der Waals surface area contributed by atoms with E-state index in [4.69, 9.17) is 16.7 Å². The van der Waals surface area contributed by atoms with Gasteiger partial charge in [-0.15, -0.1) is 0 Å². The van der Waals surface area contributed by atoms with Gasteiger partial charge in [-0.05, 0) is 36.1 Å². The number of carbonyl (C=O) groups is 2. The molecular formula is C13H16ClFN2O3S. The molecule has 116 valence electrons. The number of hydrogen-bond donors (Lipinski definition) is 3. The van der Waals surface area contributed by atoms with Crippen LogP contribution in [0, 0.1) is 5.82 Å². The second kappa shape index (κ2) is 8.74. The molecule has 0 heterocycles. The highest BCUT2D eigenvalue weighted by Gasteiger charge is 2.19. The van der Waals surface area contributed by atoms with Crippen LogP contribution in [0.1, 0.15) is 12.0 Å². The van der Waals surface area contributed by atoms with Crippen molar-refractivity contribution >= 4 is 35.4 Å². The summed E-state index contributed by atoms with van der Waals surface area (Å²) in [5, 5.41) is 13.8. The van der Waals surface area contributed by atoms with Crippen LogP contribution < -0.4 is 10.6 Å². The van der Waals surface area contributed by atoms with Gasteiger partial charge in [-0.25, -0.2) is 14.0 Å². The second-order valence-corrected chi connectivity index (χ2v) is 5.64. The minimum absolute atomic E-state index is 0.0295. The van der Waals surface area contributed by atoms with Crippen molar-refractivity contribution in [3.63, 3.8) is 0 Å². The van der Waals surface area contributed by atoms with E-state index in [-0.39, 0.29) is 11.6 Å². The Hall–Kier alpha value is -1.47. The van der Waals surface area contributed by atoms with Crippen molar-refractivity contribution in [2.75, 3.05) is 12.0 Å². The number of amides is 2. The molecule has 0 unspecified atom stereocenters. The summed E-state index contributed by atoms with van der Waals surface area (Å²) in [6, 6.07) is 2.57. The minimum Gasteiger partial charge on any atom is -0.480 e. The van der Waals surface area contributed by atoms with Crippen LogP contribution >= 0.6 is 23.4 Å². The van der Waals surface area contributed by atoms with Gasteiger partial charge in [-0.2, -0.15) is 11.8 Å². The van der Waals surface area contributed by atoms with Gasteiger partial charge in [0.05, 0.1) is 5.02 Å². The summed E-state index contributed by atoms with van der Waals surface area (Å²) in [5.74, 6) is -0.984. The summed E-state index contributed by atoms with van der Waals surface area (Å²) in [6.07, 6.45) is 2.20. The first-order chi connectivity index (χ1) is 9.93. The summed E-state index contributed by atoms with van der Waals surface area (Å²) < 4.78 is 13.0. The Morgan fingerprint density at radius 2 is 2.19 bits per heavy atom. The van der Waals surface area contributed by atoms with Crippen molar-refractivity contribution in [3.05, 3.63) is 34.6 Å². The first-order valence-corrected chi connectivity index (χ1v) is 7.91. The van der Waals surface area contributed by atoms with E-state index in [1.54, 1.807) is 0 Å². The quantitative estimate of drug-likeness (QED) is 0.716. The number of urea groups is 1. The SMILES string of the molecule is CSCC[C@@H](NC(=O)NCc1ccc(F)c(Cl)c1)C(=O)O. The maximum atomic E-state index is 13.0. The lowest BCUT2D eigenvalue weighted by Gasteiger charge is -2.14. The van der Waals surface area contributed by atoms with E-state index in [0.29, 0.717) is 17.7 Å². The second-order valence-electron chi connectivity index (χ2n) is 4.25. The minimum atomic E-state index is -1.08. The molecule has 2 amide bonds. The summed E-state index contributed by atoms with van der Waals surface area (Å²) in [6.45, 7) is 0.126. The van der Waals surface area contributed by atoms with Gasteiger partial charge in [-0.1, -0.05) is 17.7 Å². The topological polar surface area (TPSA) is 78.4 Å². The van der Waals surface area contributed by atoms with Crippen molar-refractivity contribution in [3.8, 4) is 0 Å². The van der Waals surface area contributed by atoms with E-state index < -0.39 is 23.9 Å². The average molecular weight is 335 g/mol. The van der Waals surface area contributed by atoms with E-state index in [9.17, 15) is 14.0 Å². The van der Waals surface area contributed by atoms with Gasteiger partial charge in [0.15, 0.2) is 0 Å². The van der Waals surface area contributed by atoms with E-state index in [0.717, 1.165) is 0 Å². The molecule has 1 aromatic carbocycles. The summed E-state index contributed by atoms with van der Waals surface area (Å²) >= 11 is 7.13. The highest BCUT2D eigenvalue weighted by Crippen LogP contribution is 2.15. The molecule has 0 saturated carbocycles. The van der Waals surface area contributed by atoms with Crippen molar-refractivity contribution in [1.82, 2.24) is 10.6 Å². The molecular weight excluding hydrogens is 319 g/mol. The highest BCUT2D eigenvalue weighted by atomic mass is 35.5. The fourth-order valence-electron chi connectivity index (χ4n) is 1.53. The predicted molar refractivity (Wildman–Crippen MR) is 81.2 cm³/mol. The van der Waals surface area contributed by atoms with E-state index in [2.05, 4.69) is 10.6 Å². The van der Waals surface area contributed by atoms with E-state index >= 15 is 0 Å². The monoisotopic (exact) mass is 334 g/mol. The lowest BCUT2D eigenvalue weighted by atomic mass is 10.2. The third-order valence-electron chi connectivity index (χ3n) is 2.65. The maximum absolute atomic E-state index is 13.0. The fraction of sp³-hybridized carbons (Fsp3) is 0.385. The molecule has 0 aliphatic carbocycles. The zero-order chi connectivity index (χ0) is 15.8. The molecule has 5 nitrogen and oxygen atoms in total. The van der Waals surface area contributed by atoms with Crippen LogP contribution in [0.2, 0.25) is 5.02 Å². The molecule has 1 aromatic rings. The number of nitrogens with one attached hydrogen (secondary N) is 2. The van der Waals surface area contributed by atoms with Crippen molar-refractivity contribution in [2.45, 2.75) is 19.0 Å². The van der Waals surface area contributed by atoms with Crippen molar-refractivity contribution < 1.29 is 19.1 Å². The van der Waals surface area contributed by atoms with Gasteiger partial charge >= 0.3 is 12.0 Å². The van der Waals surface area contributed by atoms with Gasteiger partial charge in [0.2, 0.25) is 0 Å². The standard InChI is InChI=1S/C13H16ClFN2O3S/c1-21-5-4-11(12(18)19)17-13(20)16-7-8-2-3-10(15)9(14)6-8/h2-3,6,11H,4-5,7H2,1H3,(H,18,19)(H2,16,17,20)/t11-/m1/s1. The van der Waals surface area contributed by atoms with Crippen molar-refractivity contribution in [1.29, 1.82) is 0 Å². The van der Waals surface area contributed by atoms with Gasteiger partial charge < -0.3 is 15.7 Å². The van der Waals surface area contributed by atoms with Crippen LogP contribution in [0.25, 0.3) is 0 Å². The molecule has 0 aliphatic rings. The number of benzene rings is 1. The van der Waals surface area contributed by atoms with Crippen LogP contribution in [-0.4, -0.2) is 35.2 Å². The van der Waals surface area contributed by atoms with Gasteiger partial charge in [0.1, 0.15) is 11.9 Å². The number of hydrogen-bond acceptors (Lipinski definition) is 3. The number of carboxylic acid groups (broad SMARTS) is 1. The molecule has 0 radical (unpaired) electrons. The zero-order valence-electron chi connectivity index (χ0n) is 11.4. The third kappa shape index (κ3) is 6.22. The highest BCUT2D eigenvalue weighted by molar-refractivity contribution is 7.98. The Balaban J connectivity index is 2.48. The molecule has 0 fully saturated rings. The summed E-state index contributed by atoms with van der Waals surface area (Å²) in [7, 11) is 0. The molecule has 1 rings (SSSR count). The first-order valence-electron chi connectivity index (χ1n) is 6.14. The Bertz CT molecular complexity index is 516. The van der Waals surface area contributed by atoms with Crippen LogP contribution in [0.3, 0.4) is 0 Å². The molecule has 0 spiro atoms. The molecule has 8 heteroatoms. The van der Waals surface area contributed by atoms with Crippen LogP contribution in [0.5, 0.6) is 0 Å². The molecule has 3 N–H and O–H groups in total. The lowest BCUT2D eigenvalue weighted by Crippen LogP contribution is -2.46. The lowest BCUT2D eigenvalue weighted by molar-refractivity contribution is -0.139. The number of aliphatic carboxylic acids is 1. The molecule has 0 bridgehead atoms. The van der Waals surface area contributed by atoms with Gasteiger partial charge in [0, 0.05) is 6.54 Å². The average Bonchev–Trinajstić information content (AvgIpc) is 2.44. The Kier molecular flexibility index (Phi) is 7.31. The van der Waals surface area contributed by atoms with Crippen LogP contribution in [-0.2, 0) is 11.3 Å². The van der Waals surface area contributed by atoms with Gasteiger partial charge in [-0.3, -0.25) is 0 Å². The van der Waals surface area contributed by atoms with E-state index in [1.165, 1.54) is 30.0 Å². The normalized spacial score (nSPS) is 11.8. The molecule has 21 heavy (non-hydrogen) atoms. The molecule has 1 atom stereocenters. The maximum Gasteiger partial charge on any atom is 0.326 e. The number of carbonyl (C=O) groups excluding carboxylic acids is 1. The first kappa shape index (κ1) is 17.6. The molecule has 0 aromatic heterocycles. The van der Waals surface area contributed by atoms with Crippen LogP contribution in [0.4, 0.5) is 9.18 Å². The Morgan fingerprint density at radius 3 is 2.76 bits per heavy atom. The third-order valence-corrected chi connectivity index (χ3v) is 3.58. The van der Waals surface area contributed by atoms with Gasteiger partial charge in [0.25, 0.3) is 0 Å². The van der Waals surface area contributed by atoms with E-state index in [1.807, 2.05) is 6.26 Å². The predicted octanol–water partition coefficient (Wildman–Crippen LogP) is 2.48. The molecule has 0 saturated heterocycles. The number of rotatable bonds is 7. The summed E-state index contributed by atoms with van der Waals surface area (Å²) in [4.78, 5) is 22.6. The number of carboxylic acids is 1.